The summed E-state index contributed by atoms with van der Waals surface area (Å²) < 4.78 is 0. The van der Waals surface area contributed by atoms with Gasteiger partial charge in [0.2, 0.25) is 0 Å². The molecule has 0 bridgehead atoms. The van der Waals surface area contributed by atoms with Gasteiger partial charge >= 0.3 is 0 Å². The van der Waals surface area contributed by atoms with Crippen LogP contribution in [0, 0.1) is 0 Å². The fraction of sp³-hybridized carbons (Fsp3) is 0.231. The summed E-state index contributed by atoms with van der Waals surface area (Å²) in [6.45, 7) is 0. The van der Waals surface area contributed by atoms with Crippen molar-refractivity contribution in [3.8, 4) is 0 Å². The predicted octanol–water partition coefficient (Wildman–Crippen LogP) is 5.06. The molecular weight excluding hydrogens is 305 g/mol. The van der Waals surface area contributed by atoms with Crippen LogP contribution in [0.3, 0.4) is 0 Å². The van der Waals surface area contributed by atoms with Gasteiger partial charge in [0.05, 0.1) is 10.0 Å². The van der Waals surface area contributed by atoms with Crippen LogP contribution in [0.25, 0.3) is 0 Å². The van der Waals surface area contributed by atoms with E-state index >= 15 is 0 Å². The van der Waals surface area contributed by atoms with Crippen molar-refractivity contribution in [2.45, 2.75) is 18.8 Å². The first-order chi connectivity index (χ1) is 9.11. The van der Waals surface area contributed by atoms with Gasteiger partial charge < -0.3 is 5.32 Å². The minimum Gasteiger partial charge on any atom is -0.340 e. The van der Waals surface area contributed by atoms with Crippen LogP contribution < -0.4 is 5.32 Å². The van der Waals surface area contributed by atoms with Gasteiger partial charge in [-0.1, -0.05) is 34.8 Å². The van der Waals surface area contributed by atoms with Gasteiger partial charge in [0.25, 0.3) is 0 Å². The molecule has 0 amide bonds. The lowest BCUT2D eigenvalue weighted by Crippen LogP contribution is -1.99. The summed E-state index contributed by atoms with van der Waals surface area (Å²) in [6.07, 6.45) is 2.26. The summed E-state index contributed by atoms with van der Waals surface area (Å²) in [5.74, 6) is 1.92. The maximum atomic E-state index is 6.01. The molecule has 2 aromatic rings. The smallest absolute Gasteiger partial charge is 0.135 e. The fourth-order valence-electron chi connectivity index (χ4n) is 1.75. The van der Waals surface area contributed by atoms with E-state index < -0.39 is 0 Å². The largest absolute Gasteiger partial charge is 0.340 e. The summed E-state index contributed by atoms with van der Waals surface area (Å²) in [6, 6.07) is 7.00. The molecule has 1 fully saturated rings. The fourth-order valence-corrected chi connectivity index (χ4v) is 2.23. The third kappa shape index (κ3) is 3.11. The molecule has 6 heteroatoms. The van der Waals surface area contributed by atoms with Gasteiger partial charge in [0.1, 0.15) is 16.8 Å². The average molecular weight is 315 g/mol. The topological polar surface area (TPSA) is 37.8 Å². The van der Waals surface area contributed by atoms with Crippen LogP contribution in [-0.4, -0.2) is 9.97 Å². The molecule has 3 rings (SSSR count). The number of halogens is 3. The van der Waals surface area contributed by atoms with Gasteiger partial charge in [-0.2, -0.15) is 0 Å². The number of hydrogen-bond donors (Lipinski definition) is 1. The van der Waals surface area contributed by atoms with E-state index in [-0.39, 0.29) is 0 Å². The Morgan fingerprint density at radius 2 is 1.79 bits per heavy atom. The van der Waals surface area contributed by atoms with Gasteiger partial charge in [-0.15, -0.1) is 0 Å². The van der Waals surface area contributed by atoms with E-state index in [1.807, 2.05) is 6.07 Å². The lowest BCUT2D eigenvalue weighted by atomic mass is 10.3. The Bertz CT molecular complexity index is 627. The summed E-state index contributed by atoms with van der Waals surface area (Å²) in [4.78, 5) is 8.70. The molecule has 1 N–H and O–H groups in total. The second kappa shape index (κ2) is 5.16. The van der Waals surface area contributed by atoms with Crippen molar-refractivity contribution in [3.05, 3.63) is 45.3 Å². The Balaban J connectivity index is 1.87. The standard InChI is InChI=1S/C13H10Cl3N3/c14-9-4-3-8(5-10(9)15)17-12-6-11(16)18-13(19-12)7-1-2-7/h3-7H,1-2H2,(H,17,18,19). The Morgan fingerprint density at radius 3 is 2.47 bits per heavy atom. The first kappa shape index (κ1) is 13.0. The van der Waals surface area contributed by atoms with E-state index in [2.05, 4.69) is 15.3 Å². The minimum atomic E-state index is 0.444. The highest BCUT2D eigenvalue weighted by molar-refractivity contribution is 6.42. The van der Waals surface area contributed by atoms with Crippen molar-refractivity contribution in [2.24, 2.45) is 0 Å². The number of anilines is 2. The number of aromatic nitrogens is 2. The minimum absolute atomic E-state index is 0.444. The van der Waals surface area contributed by atoms with Gasteiger partial charge in [-0.3, -0.25) is 0 Å². The van der Waals surface area contributed by atoms with Crippen LogP contribution in [0.4, 0.5) is 11.5 Å². The van der Waals surface area contributed by atoms with E-state index in [0.717, 1.165) is 24.4 Å². The molecule has 0 atom stereocenters. The summed E-state index contributed by atoms with van der Waals surface area (Å²) in [7, 11) is 0. The predicted molar refractivity (Wildman–Crippen MR) is 78.8 cm³/mol. The van der Waals surface area contributed by atoms with E-state index in [9.17, 15) is 0 Å². The summed E-state index contributed by atoms with van der Waals surface area (Å²) in [5.41, 5.74) is 0.811. The first-order valence-corrected chi connectivity index (χ1v) is 7.02. The molecule has 3 nitrogen and oxygen atoms in total. The first-order valence-electron chi connectivity index (χ1n) is 5.88. The third-order valence-electron chi connectivity index (χ3n) is 2.85. The molecule has 0 unspecified atom stereocenters. The number of nitrogens with zero attached hydrogens (tertiary/aromatic N) is 2. The third-order valence-corrected chi connectivity index (χ3v) is 3.78. The molecule has 1 heterocycles. The molecule has 0 aliphatic heterocycles. The normalized spacial score (nSPS) is 14.5. The Kier molecular flexibility index (Phi) is 3.52. The number of benzene rings is 1. The molecule has 0 spiro atoms. The Labute approximate surface area is 125 Å². The summed E-state index contributed by atoms with van der Waals surface area (Å²) >= 11 is 17.9. The molecule has 0 saturated heterocycles. The molecule has 1 aliphatic carbocycles. The van der Waals surface area contributed by atoms with E-state index in [1.165, 1.54) is 0 Å². The quantitative estimate of drug-likeness (QED) is 0.805. The van der Waals surface area contributed by atoms with E-state index in [0.29, 0.717) is 26.9 Å². The zero-order valence-corrected chi connectivity index (χ0v) is 12.1. The van der Waals surface area contributed by atoms with Crippen LogP contribution in [0.15, 0.2) is 24.3 Å². The van der Waals surface area contributed by atoms with Crippen LogP contribution in [0.1, 0.15) is 24.6 Å². The van der Waals surface area contributed by atoms with E-state index in [1.54, 1.807) is 18.2 Å². The van der Waals surface area contributed by atoms with Gasteiger partial charge in [0.15, 0.2) is 0 Å². The van der Waals surface area contributed by atoms with Crippen molar-refractivity contribution >= 4 is 46.3 Å². The van der Waals surface area contributed by atoms with Crippen molar-refractivity contribution in [1.82, 2.24) is 9.97 Å². The highest BCUT2D eigenvalue weighted by Crippen LogP contribution is 2.39. The second-order valence-corrected chi connectivity index (χ2v) is 5.66. The van der Waals surface area contributed by atoms with Crippen molar-refractivity contribution in [2.75, 3.05) is 5.32 Å². The van der Waals surface area contributed by atoms with Gasteiger partial charge in [-0.05, 0) is 31.0 Å². The monoisotopic (exact) mass is 313 g/mol. The maximum Gasteiger partial charge on any atom is 0.135 e. The lowest BCUT2D eigenvalue weighted by molar-refractivity contribution is 0.931. The highest BCUT2D eigenvalue weighted by atomic mass is 35.5. The van der Waals surface area contributed by atoms with Crippen LogP contribution >= 0.6 is 34.8 Å². The van der Waals surface area contributed by atoms with Crippen LogP contribution in [-0.2, 0) is 0 Å². The average Bonchev–Trinajstić information content (AvgIpc) is 3.17. The molecule has 19 heavy (non-hydrogen) atoms. The number of hydrogen-bond acceptors (Lipinski definition) is 3. The van der Waals surface area contributed by atoms with Crippen LogP contribution in [0.2, 0.25) is 15.2 Å². The molecule has 1 saturated carbocycles. The highest BCUT2D eigenvalue weighted by Gasteiger charge is 2.27. The SMILES string of the molecule is Clc1cc(Nc2ccc(Cl)c(Cl)c2)nc(C2CC2)n1. The summed E-state index contributed by atoms with van der Waals surface area (Å²) in [5, 5.41) is 4.62. The van der Waals surface area contributed by atoms with Crippen LogP contribution in [0.5, 0.6) is 0 Å². The van der Waals surface area contributed by atoms with E-state index in [4.69, 9.17) is 34.8 Å². The molecule has 1 aromatic heterocycles. The number of rotatable bonds is 3. The Hall–Kier alpha value is -1.03. The van der Waals surface area contributed by atoms with Crippen molar-refractivity contribution < 1.29 is 0 Å². The van der Waals surface area contributed by atoms with Gasteiger partial charge in [-0.25, -0.2) is 9.97 Å². The molecule has 1 aromatic carbocycles. The molecule has 1 aliphatic rings. The molecular formula is C13H10Cl3N3. The maximum absolute atomic E-state index is 6.01. The zero-order chi connectivity index (χ0) is 13.4. The molecule has 98 valence electrons. The molecule has 0 radical (unpaired) electrons. The lowest BCUT2D eigenvalue weighted by Gasteiger charge is -2.08. The van der Waals surface area contributed by atoms with Gasteiger partial charge in [0, 0.05) is 17.7 Å². The Morgan fingerprint density at radius 1 is 1.00 bits per heavy atom. The second-order valence-electron chi connectivity index (χ2n) is 4.46. The van der Waals surface area contributed by atoms with Crippen molar-refractivity contribution in [1.29, 1.82) is 0 Å². The zero-order valence-electron chi connectivity index (χ0n) is 9.83. The number of nitrogens with one attached hydrogen (secondary N) is 1. The van der Waals surface area contributed by atoms with Crippen molar-refractivity contribution in [3.63, 3.8) is 0 Å².